The van der Waals surface area contributed by atoms with E-state index in [1.807, 2.05) is 13.8 Å². The number of aromatic nitrogens is 1. The van der Waals surface area contributed by atoms with Gasteiger partial charge in [-0.3, -0.25) is 14.4 Å². The Morgan fingerprint density at radius 3 is 2.42 bits per heavy atom. The van der Waals surface area contributed by atoms with Crippen LogP contribution in [0.3, 0.4) is 0 Å². The summed E-state index contributed by atoms with van der Waals surface area (Å²) in [6, 6.07) is 4.64. The van der Waals surface area contributed by atoms with Crippen molar-refractivity contribution >= 4 is 57.4 Å². The predicted octanol–water partition coefficient (Wildman–Crippen LogP) is 4.89. The van der Waals surface area contributed by atoms with Crippen LogP contribution in [0.4, 0.5) is 5.13 Å². The van der Waals surface area contributed by atoms with Crippen molar-refractivity contribution in [2.75, 3.05) is 25.0 Å². The number of nitrogens with one attached hydrogen (secondary N) is 2. The molecule has 0 spiro atoms. The van der Waals surface area contributed by atoms with Crippen LogP contribution in [0.1, 0.15) is 50.2 Å². The van der Waals surface area contributed by atoms with Gasteiger partial charge in [-0.25, -0.2) is 4.98 Å². The van der Waals surface area contributed by atoms with Crippen molar-refractivity contribution in [1.82, 2.24) is 15.2 Å². The average Bonchev–Trinajstić information content (AvgIpc) is 3.14. The van der Waals surface area contributed by atoms with Gasteiger partial charge in [0.15, 0.2) is 5.13 Å². The van der Waals surface area contributed by atoms with Gasteiger partial charge in [-0.05, 0) is 36.5 Å². The molecule has 10 heteroatoms. The SMILES string of the molecule is CC(C)CCNC(=O)Cc1csc(NC(=O)CN(CC(C)C)C(=O)c2ccc(Cl)c(Cl)c2)n1. The van der Waals surface area contributed by atoms with Gasteiger partial charge >= 0.3 is 0 Å². The van der Waals surface area contributed by atoms with Crippen molar-refractivity contribution in [2.24, 2.45) is 11.8 Å². The maximum absolute atomic E-state index is 13.0. The molecule has 2 rings (SSSR count). The highest BCUT2D eigenvalue weighted by Gasteiger charge is 2.21. The topological polar surface area (TPSA) is 91.4 Å². The molecule has 3 amide bonds. The monoisotopic (exact) mass is 512 g/mol. The fraction of sp³-hybridized carbons (Fsp3) is 0.478. The molecule has 180 valence electrons. The predicted molar refractivity (Wildman–Crippen MR) is 134 cm³/mol. The Labute approximate surface area is 208 Å². The number of carbonyl (C=O) groups is 3. The fourth-order valence-electron chi connectivity index (χ4n) is 2.98. The van der Waals surface area contributed by atoms with Crippen molar-refractivity contribution in [3.05, 3.63) is 44.9 Å². The van der Waals surface area contributed by atoms with Gasteiger partial charge in [-0.1, -0.05) is 50.9 Å². The van der Waals surface area contributed by atoms with Crippen LogP contribution < -0.4 is 10.6 Å². The van der Waals surface area contributed by atoms with Gasteiger partial charge in [-0.15, -0.1) is 11.3 Å². The lowest BCUT2D eigenvalue weighted by Crippen LogP contribution is -2.40. The van der Waals surface area contributed by atoms with Gasteiger partial charge in [0.05, 0.1) is 22.2 Å². The van der Waals surface area contributed by atoms with Crippen LogP contribution in [0.2, 0.25) is 10.0 Å². The summed E-state index contributed by atoms with van der Waals surface area (Å²) in [5.74, 6) is -0.105. The molecule has 7 nitrogen and oxygen atoms in total. The van der Waals surface area contributed by atoms with Crippen molar-refractivity contribution in [1.29, 1.82) is 0 Å². The first-order valence-corrected chi connectivity index (χ1v) is 12.4. The molecular weight excluding hydrogens is 483 g/mol. The number of hydrogen-bond donors (Lipinski definition) is 2. The molecule has 0 aliphatic carbocycles. The third kappa shape index (κ3) is 9.31. The van der Waals surface area contributed by atoms with Crippen molar-refractivity contribution < 1.29 is 14.4 Å². The van der Waals surface area contributed by atoms with Crippen LogP contribution in [-0.2, 0) is 16.0 Å². The Bertz CT molecular complexity index is 978. The smallest absolute Gasteiger partial charge is 0.254 e. The molecule has 1 aromatic heterocycles. The Hall–Kier alpha value is -2.16. The van der Waals surface area contributed by atoms with Crippen molar-refractivity contribution in [3.63, 3.8) is 0 Å². The van der Waals surface area contributed by atoms with Crippen LogP contribution in [0.15, 0.2) is 23.6 Å². The number of halogens is 2. The second-order valence-electron chi connectivity index (χ2n) is 8.61. The first-order valence-electron chi connectivity index (χ1n) is 10.8. The molecule has 0 radical (unpaired) electrons. The number of benzene rings is 1. The van der Waals surface area contributed by atoms with Crippen molar-refractivity contribution in [3.8, 4) is 0 Å². The molecule has 33 heavy (non-hydrogen) atoms. The molecule has 2 N–H and O–H groups in total. The molecule has 0 aliphatic rings. The van der Waals surface area contributed by atoms with E-state index in [2.05, 4.69) is 29.5 Å². The molecule has 0 saturated carbocycles. The highest BCUT2D eigenvalue weighted by molar-refractivity contribution is 7.13. The number of carbonyl (C=O) groups excluding carboxylic acids is 3. The summed E-state index contributed by atoms with van der Waals surface area (Å²) in [5, 5.41) is 8.35. The highest BCUT2D eigenvalue weighted by Crippen LogP contribution is 2.23. The Morgan fingerprint density at radius 2 is 1.79 bits per heavy atom. The lowest BCUT2D eigenvalue weighted by atomic mass is 10.1. The highest BCUT2D eigenvalue weighted by atomic mass is 35.5. The zero-order valence-corrected chi connectivity index (χ0v) is 21.6. The zero-order chi connectivity index (χ0) is 24.5. The van der Waals surface area contributed by atoms with E-state index in [0.29, 0.717) is 40.4 Å². The largest absolute Gasteiger partial charge is 0.356 e. The number of anilines is 1. The molecule has 2 aromatic rings. The summed E-state index contributed by atoms with van der Waals surface area (Å²) in [5.41, 5.74) is 0.945. The molecule has 0 aliphatic heterocycles. The molecule has 1 aromatic carbocycles. The van der Waals surface area contributed by atoms with Crippen LogP contribution >= 0.6 is 34.5 Å². The van der Waals surface area contributed by atoms with E-state index in [1.54, 1.807) is 17.5 Å². The standard InChI is InChI=1S/C23H30Cl2N4O3S/c1-14(2)7-8-26-20(30)10-17-13-33-23(27-17)28-21(31)12-29(11-15(3)4)22(32)16-5-6-18(24)19(25)9-16/h5-6,9,13-15H,7-8,10-12H2,1-4H3,(H,26,30)(H,27,28,31). The summed E-state index contributed by atoms with van der Waals surface area (Å²) in [6.45, 7) is 9.01. The van der Waals surface area contributed by atoms with Crippen LogP contribution in [-0.4, -0.2) is 47.2 Å². The molecule has 0 bridgehead atoms. The van der Waals surface area contributed by atoms with Crippen LogP contribution in [0.5, 0.6) is 0 Å². The van der Waals surface area contributed by atoms with E-state index < -0.39 is 0 Å². The summed E-state index contributed by atoms with van der Waals surface area (Å²) in [4.78, 5) is 43.4. The van der Waals surface area contributed by atoms with E-state index in [-0.39, 0.29) is 41.6 Å². The molecule has 0 fully saturated rings. The van der Waals surface area contributed by atoms with Gasteiger partial charge in [0.2, 0.25) is 11.8 Å². The Kier molecular flexibility index (Phi) is 10.6. The average molecular weight is 513 g/mol. The van der Waals surface area contributed by atoms with Crippen molar-refractivity contribution in [2.45, 2.75) is 40.5 Å². The second kappa shape index (κ2) is 12.9. The third-order valence-electron chi connectivity index (χ3n) is 4.56. The number of thiazole rings is 1. The van der Waals surface area contributed by atoms with E-state index in [1.165, 1.54) is 22.3 Å². The number of hydrogen-bond acceptors (Lipinski definition) is 5. The number of rotatable bonds is 11. The Balaban J connectivity index is 1.96. The summed E-state index contributed by atoms with van der Waals surface area (Å²) in [6.07, 6.45) is 1.07. The third-order valence-corrected chi connectivity index (χ3v) is 6.10. The maximum Gasteiger partial charge on any atom is 0.254 e. The summed E-state index contributed by atoms with van der Waals surface area (Å²) < 4.78 is 0. The van der Waals surface area contributed by atoms with E-state index in [0.717, 1.165) is 6.42 Å². The minimum Gasteiger partial charge on any atom is -0.356 e. The maximum atomic E-state index is 13.0. The minimum absolute atomic E-state index is 0.103. The first-order chi connectivity index (χ1) is 15.5. The van der Waals surface area contributed by atoms with E-state index in [9.17, 15) is 14.4 Å². The quantitative estimate of drug-likeness (QED) is 0.448. The van der Waals surface area contributed by atoms with E-state index in [4.69, 9.17) is 23.2 Å². The van der Waals surface area contributed by atoms with Gasteiger partial charge in [-0.2, -0.15) is 0 Å². The number of amides is 3. The second-order valence-corrected chi connectivity index (χ2v) is 10.3. The van der Waals surface area contributed by atoms with Crippen LogP contribution in [0.25, 0.3) is 0 Å². The van der Waals surface area contributed by atoms with Gasteiger partial charge in [0.25, 0.3) is 5.91 Å². The Morgan fingerprint density at radius 1 is 1.06 bits per heavy atom. The van der Waals surface area contributed by atoms with E-state index >= 15 is 0 Å². The minimum atomic E-state index is -0.369. The molecule has 1 heterocycles. The van der Waals surface area contributed by atoms with Gasteiger partial charge < -0.3 is 15.5 Å². The molecular formula is C23H30Cl2N4O3S. The summed E-state index contributed by atoms with van der Waals surface area (Å²) in [7, 11) is 0. The van der Waals surface area contributed by atoms with Gasteiger partial charge in [0, 0.05) is 24.0 Å². The fourth-order valence-corrected chi connectivity index (χ4v) is 4.00. The molecule has 0 atom stereocenters. The molecule has 0 unspecified atom stereocenters. The summed E-state index contributed by atoms with van der Waals surface area (Å²) >= 11 is 13.2. The molecule has 0 saturated heterocycles. The van der Waals surface area contributed by atoms with Gasteiger partial charge in [0.1, 0.15) is 6.54 Å². The normalized spacial score (nSPS) is 11.0. The lowest BCUT2D eigenvalue weighted by molar-refractivity contribution is -0.120. The lowest BCUT2D eigenvalue weighted by Gasteiger charge is -2.24. The van der Waals surface area contributed by atoms with Crippen LogP contribution in [0, 0.1) is 11.8 Å². The first kappa shape index (κ1) is 27.1. The zero-order valence-electron chi connectivity index (χ0n) is 19.3. The number of nitrogens with zero attached hydrogens (tertiary/aromatic N) is 2.